The molecule has 1 unspecified atom stereocenters. The summed E-state index contributed by atoms with van der Waals surface area (Å²) < 4.78 is 0. The lowest BCUT2D eigenvalue weighted by molar-refractivity contribution is 0.149. The van der Waals surface area contributed by atoms with E-state index in [1.807, 2.05) is 0 Å². The fraction of sp³-hybridized carbons (Fsp3) is 1.00. The standard InChI is InChI=1S/C13H26N2/c1-11(2)7-9-15(12-5-6-12)13-4-3-8-14-10-13/h11-14H,3-10H2,1-2H3. The van der Waals surface area contributed by atoms with Crippen LogP contribution in [0.4, 0.5) is 0 Å². The molecular formula is C13H26N2. The molecule has 2 rings (SSSR count). The van der Waals surface area contributed by atoms with Crippen LogP contribution in [0, 0.1) is 5.92 Å². The van der Waals surface area contributed by atoms with E-state index in [2.05, 4.69) is 24.1 Å². The average Bonchev–Trinajstić information content (AvgIpc) is 3.03. The number of rotatable bonds is 5. The second-order valence-electron chi connectivity index (χ2n) is 5.65. The molecule has 1 atom stereocenters. The van der Waals surface area contributed by atoms with Crippen molar-refractivity contribution in [1.82, 2.24) is 10.2 Å². The molecule has 15 heavy (non-hydrogen) atoms. The predicted octanol–water partition coefficient (Wildman–Crippen LogP) is 2.25. The number of hydrogen-bond donors (Lipinski definition) is 1. The van der Waals surface area contributed by atoms with Crippen molar-refractivity contribution in [3.63, 3.8) is 0 Å². The van der Waals surface area contributed by atoms with Gasteiger partial charge in [-0.3, -0.25) is 4.90 Å². The van der Waals surface area contributed by atoms with Crippen molar-refractivity contribution in [1.29, 1.82) is 0 Å². The van der Waals surface area contributed by atoms with Crippen LogP contribution in [0.2, 0.25) is 0 Å². The Labute approximate surface area is 94.4 Å². The molecule has 2 nitrogen and oxygen atoms in total. The smallest absolute Gasteiger partial charge is 0.0224 e. The van der Waals surface area contributed by atoms with Crippen molar-refractivity contribution in [2.45, 2.75) is 58.0 Å². The molecule has 0 aromatic carbocycles. The normalized spacial score (nSPS) is 27.6. The second kappa shape index (κ2) is 5.31. The van der Waals surface area contributed by atoms with Crippen LogP contribution in [-0.4, -0.2) is 36.6 Å². The molecule has 0 bridgehead atoms. The Morgan fingerprint density at radius 2 is 2.00 bits per heavy atom. The lowest BCUT2D eigenvalue weighted by Gasteiger charge is -2.35. The Balaban J connectivity index is 1.81. The highest BCUT2D eigenvalue weighted by molar-refractivity contribution is 4.90. The van der Waals surface area contributed by atoms with Gasteiger partial charge in [0.25, 0.3) is 0 Å². The van der Waals surface area contributed by atoms with Gasteiger partial charge in [0, 0.05) is 18.6 Å². The summed E-state index contributed by atoms with van der Waals surface area (Å²) in [5.41, 5.74) is 0. The maximum atomic E-state index is 3.54. The first-order valence-corrected chi connectivity index (χ1v) is 6.74. The first kappa shape index (κ1) is 11.4. The van der Waals surface area contributed by atoms with Crippen molar-refractivity contribution in [2.24, 2.45) is 5.92 Å². The van der Waals surface area contributed by atoms with Gasteiger partial charge in [0.2, 0.25) is 0 Å². The molecule has 1 saturated carbocycles. The van der Waals surface area contributed by atoms with Gasteiger partial charge in [-0.15, -0.1) is 0 Å². The molecule has 0 amide bonds. The minimum absolute atomic E-state index is 0.838. The van der Waals surface area contributed by atoms with Crippen LogP contribution >= 0.6 is 0 Å². The minimum Gasteiger partial charge on any atom is -0.315 e. The summed E-state index contributed by atoms with van der Waals surface area (Å²) in [4.78, 5) is 2.80. The quantitative estimate of drug-likeness (QED) is 0.749. The predicted molar refractivity (Wildman–Crippen MR) is 65.1 cm³/mol. The SMILES string of the molecule is CC(C)CCN(C1CC1)C1CCCNC1. The van der Waals surface area contributed by atoms with Crippen molar-refractivity contribution in [3.05, 3.63) is 0 Å². The van der Waals surface area contributed by atoms with Gasteiger partial charge >= 0.3 is 0 Å². The highest BCUT2D eigenvalue weighted by Crippen LogP contribution is 2.30. The van der Waals surface area contributed by atoms with Gasteiger partial charge in [0.15, 0.2) is 0 Å². The number of piperidine rings is 1. The van der Waals surface area contributed by atoms with E-state index in [1.54, 1.807) is 0 Å². The molecule has 0 spiro atoms. The molecule has 2 fully saturated rings. The van der Waals surface area contributed by atoms with E-state index in [1.165, 1.54) is 51.7 Å². The highest BCUT2D eigenvalue weighted by atomic mass is 15.2. The van der Waals surface area contributed by atoms with E-state index in [-0.39, 0.29) is 0 Å². The molecule has 0 radical (unpaired) electrons. The van der Waals surface area contributed by atoms with Crippen LogP contribution in [0.1, 0.15) is 46.0 Å². The van der Waals surface area contributed by atoms with E-state index in [4.69, 9.17) is 0 Å². The van der Waals surface area contributed by atoms with Crippen LogP contribution in [0.5, 0.6) is 0 Å². The summed E-state index contributed by atoms with van der Waals surface area (Å²) in [5, 5.41) is 3.54. The molecule has 2 heteroatoms. The topological polar surface area (TPSA) is 15.3 Å². The summed E-state index contributed by atoms with van der Waals surface area (Å²) in [6.45, 7) is 8.47. The third kappa shape index (κ3) is 3.46. The Bertz CT molecular complexity index is 181. The Hall–Kier alpha value is -0.0800. The molecule has 2 aliphatic rings. The van der Waals surface area contributed by atoms with Gasteiger partial charge in [-0.2, -0.15) is 0 Å². The second-order valence-corrected chi connectivity index (χ2v) is 5.65. The third-order valence-corrected chi connectivity index (χ3v) is 3.72. The largest absolute Gasteiger partial charge is 0.315 e. The summed E-state index contributed by atoms with van der Waals surface area (Å²) in [5.74, 6) is 0.850. The molecule has 1 heterocycles. The third-order valence-electron chi connectivity index (χ3n) is 3.72. The van der Waals surface area contributed by atoms with E-state index in [0.29, 0.717) is 0 Å². The number of nitrogens with zero attached hydrogens (tertiary/aromatic N) is 1. The Morgan fingerprint density at radius 1 is 1.20 bits per heavy atom. The van der Waals surface area contributed by atoms with Gasteiger partial charge in [-0.25, -0.2) is 0 Å². The van der Waals surface area contributed by atoms with E-state index >= 15 is 0 Å². The summed E-state index contributed by atoms with van der Waals surface area (Å²) in [6, 6.07) is 1.78. The lowest BCUT2D eigenvalue weighted by atomic mass is 10.0. The van der Waals surface area contributed by atoms with Crippen LogP contribution < -0.4 is 5.32 Å². The number of nitrogens with one attached hydrogen (secondary N) is 1. The molecule has 0 aromatic heterocycles. The Kier molecular flexibility index (Phi) is 4.04. The monoisotopic (exact) mass is 210 g/mol. The summed E-state index contributed by atoms with van der Waals surface area (Å²) in [6.07, 6.45) is 7.06. The molecule has 1 N–H and O–H groups in total. The maximum absolute atomic E-state index is 3.54. The molecule has 1 aliphatic carbocycles. The maximum Gasteiger partial charge on any atom is 0.0224 e. The van der Waals surface area contributed by atoms with E-state index < -0.39 is 0 Å². The fourth-order valence-electron chi connectivity index (χ4n) is 2.59. The van der Waals surface area contributed by atoms with Crippen molar-refractivity contribution < 1.29 is 0 Å². The van der Waals surface area contributed by atoms with Gasteiger partial charge in [0.05, 0.1) is 0 Å². The zero-order chi connectivity index (χ0) is 10.7. The van der Waals surface area contributed by atoms with Crippen molar-refractivity contribution >= 4 is 0 Å². The van der Waals surface area contributed by atoms with Gasteiger partial charge < -0.3 is 5.32 Å². The first-order chi connectivity index (χ1) is 7.27. The van der Waals surface area contributed by atoms with Crippen LogP contribution in [0.15, 0.2) is 0 Å². The molecule has 1 saturated heterocycles. The minimum atomic E-state index is 0.838. The molecule has 88 valence electrons. The van der Waals surface area contributed by atoms with Gasteiger partial charge in [0.1, 0.15) is 0 Å². The zero-order valence-electron chi connectivity index (χ0n) is 10.3. The van der Waals surface area contributed by atoms with Gasteiger partial charge in [-0.1, -0.05) is 13.8 Å². The average molecular weight is 210 g/mol. The highest BCUT2D eigenvalue weighted by Gasteiger charge is 2.33. The summed E-state index contributed by atoms with van der Waals surface area (Å²) in [7, 11) is 0. The van der Waals surface area contributed by atoms with Crippen molar-refractivity contribution in [3.8, 4) is 0 Å². The first-order valence-electron chi connectivity index (χ1n) is 6.74. The van der Waals surface area contributed by atoms with Crippen molar-refractivity contribution in [2.75, 3.05) is 19.6 Å². The summed E-state index contributed by atoms with van der Waals surface area (Å²) >= 11 is 0. The van der Waals surface area contributed by atoms with Crippen LogP contribution in [0.25, 0.3) is 0 Å². The molecule has 0 aromatic rings. The van der Waals surface area contributed by atoms with E-state index in [9.17, 15) is 0 Å². The zero-order valence-corrected chi connectivity index (χ0v) is 10.3. The van der Waals surface area contributed by atoms with Crippen LogP contribution in [0.3, 0.4) is 0 Å². The molecular weight excluding hydrogens is 184 g/mol. The van der Waals surface area contributed by atoms with Crippen LogP contribution in [-0.2, 0) is 0 Å². The Morgan fingerprint density at radius 3 is 2.53 bits per heavy atom. The number of hydrogen-bond acceptors (Lipinski definition) is 2. The van der Waals surface area contributed by atoms with Gasteiger partial charge in [-0.05, 0) is 51.1 Å². The fourth-order valence-corrected chi connectivity index (χ4v) is 2.59. The molecule has 1 aliphatic heterocycles. The van der Waals surface area contributed by atoms with E-state index in [0.717, 1.165) is 18.0 Å². The lowest BCUT2D eigenvalue weighted by Crippen LogP contribution is -2.47.